The molecule has 36 valence electrons. The molecule has 1 nitrogen and oxygen atoms in total. The molecule has 0 rings (SSSR count). The normalized spacial score (nSPS) is 4.67. The van der Waals surface area contributed by atoms with Crippen LogP contribution in [0.1, 0.15) is 6.92 Å². The molecule has 0 aliphatic rings. The van der Waals surface area contributed by atoms with Gasteiger partial charge < -0.3 is 5.11 Å². The second-order valence-electron chi connectivity index (χ2n) is 0.417. The summed E-state index contributed by atoms with van der Waals surface area (Å²) in [5.74, 6) is 0. The molecule has 0 radical (unpaired) electrons. The summed E-state index contributed by atoms with van der Waals surface area (Å²) in [4.78, 5) is 0. The Kier molecular flexibility index (Phi) is 28.0. The number of hydrogen-bond acceptors (Lipinski definition) is 1. The Morgan fingerprint density at radius 2 is 1.67 bits per heavy atom. The standard InChI is InChI=1S/C2H6O.Cd.2ClH/c1-2-3;;;/h3H,2H2,1H3;;2*1H/q;+2;;/p-2. The summed E-state index contributed by atoms with van der Waals surface area (Å²) >= 11 is -1.07. The molecular formula is C2H6CdCl2O. The Morgan fingerprint density at radius 1 is 1.67 bits per heavy atom. The van der Waals surface area contributed by atoms with Gasteiger partial charge in [-0.05, 0) is 6.92 Å². The van der Waals surface area contributed by atoms with Crippen molar-refractivity contribution in [2.24, 2.45) is 0 Å². The summed E-state index contributed by atoms with van der Waals surface area (Å²) in [5, 5.41) is 7.57. The maximum atomic E-state index is 7.57. The fourth-order valence-electron chi connectivity index (χ4n) is 0. The van der Waals surface area contributed by atoms with Gasteiger partial charge in [0.2, 0.25) is 0 Å². The molecule has 6 heavy (non-hydrogen) atoms. The van der Waals surface area contributed by atoms with E-state index >= 15 is 0 Å². The molecule has 0 aromatic rings. The van der Waals surface area contributed by atoms with E-state index in [1.165, 1.54) is 0 Å². The zero-order chi connectivity index (χ0) is 5.41. The van der Waals surface area contributed by atoms with E-state index in [0.29, 0.717) is 0 Å². The minimum absolute atomic E-state index is 0.250. The first-order valence-corrected chi connectivity index (χ1v) is 11.8. The molecule has 0 fully saturated rings. The molecule has 0 aliphatic carbocycles. The van der Waals surface area contributed by atoms with E-state index in [1.54, 1.807) is 6.92 Å². The zero-order valence-electron chi connectivity index (χ0n) is 3.62. The van der Waals surface area contributed by atoms with Crippen molar-refractivity contribution < 1.29 is 26.9 Å². The van der Waals surface area contributed by atoms with Crippen LogP contribution in [0.2, 0.25) is 0 Å². The number of hydrogen-bond donors (Lipinski definition) is 1. The van der Waals surface area contributed by atoms with Crippen LogP contribution in [0.4, 0.5) is 0 Å². The van der Waals surface area contributed by atoms with Crippen molar-refractivity contribution in [2.45, 2.75) is 6.92 Å². The first kappa shape index (κ1) is 10.4. The van der Waals surface area contributed by atoms with Gasteiger partial charge in [-0.1, -0.05) is 0 Å². The summed E-state index contributed by atoms with van der Waals surface area (Å²) in [6.45, 7) is 1.93. The van der Waals surface area contributed by atoms with Crippen LogP contribution >= 0.6 is 16.6 Å². The van der Waals surface area contributed by atoms with Crippen molar-refractivity contribution in [3.05, 3.63) is 0 Å². The molecule has 0 aromatic heterocycles. The predicted octanol–water partition coefficient (Wildman–Crippen LogP) is 1.38. The van der Waals surface area contributed by atoms with Gasteiger partial charge in [-0.3, -0.25) is 0 Å². The first-order valence-electron chi connectivity index (χ1n) is 1.56. The van der Waals surface area contributed by atoms with Crippen LogP contribution < -0.4 is 0 Å². The van der Waals surface area contributed by atoms with E-state index in [4.69, 9.17) is 21.7 Å². The van der Waals surface area contributed by atoms with E-state index in [0.717, 1.165) is 0 Å². The molecule has 0 saturated heterocycles. The number of aliphatic hydroxyl groups excluding tert-OH is 1. The van der Waals surface area contributed by atoms with E-state index in [2.05, 4.69) is 0 Å². The van der Waals surface area contributed by atoms with Gasteiger partial charge in [0.15, 0.2) is 0 Å². The summed E-state index contributed by atoms with van der Waals surface area (Å²) in [7, 11) is 9.95. The molecule has 0 amide bonds. The van der Waals surface area contributed by atoms with Gasteiger partial charge >= 0.3 is 38.4 Å². The SMILES string of the molecule is CCO.[Cl][Cd][Cl]. The second kappa shape index (κ2) is 16.1. The molecule has 0 saturated carbocycles. The van der Waals surface area contributed by atoms with Gasteiger partial charge in [-0.25, -0.2) is 0 Å². The van der Waals surface area contributed by atoms with Crippen LogP contribution in [0.25, 0.3) is 0 Å². The molecule has 1 N–H and O–H groups in total. The third-order valence-electron chi connectivity index (χ3n) is 0. The molecule has 4 heteroatoms. The van der Waals surface area contributed by atoms with Gasteiger partial charge in [-0.15, -0.1) is 0 Å². The van der Waals surface area contributed by atoms with Crippen LogP contribution in [0.5, 0.6) is 0 Å². The summed E-state index contributed by atoms with van der Waals surface area (Å²) in [6.07, 6.45) is 0. The molecule has 0 unspecified atom stereocenters. The van der Waals surface area contributed by atoms with Crippen molar-refractivity contribution in [3.8, 4) is 0 Å². The summed E-state index contributed by atoms with van der Waals surface area (Å²) < 4.78 is 0. The monoisotopic (exact) mass is 230 g/mol. The number of aliphatic hydroxyl groups is 1. The topological polar surface area (TPSA) is 20.2 Å². The first-order chi connectivity index (χ1) is 2.83. The van der Waals surface area contributed by atoms with Gasteiger partial charge in [-0.2, -0.15) is 0 Å². The Balaban J connectivity index is 0. The second-order valence-corrected chi connectivity index (χ2v) is 6.41. The zero-order valence-corrected chi connectivity index (χ0v) is 9.17. The molecule has 0 heterocycles. The van der Waals surface area contributed by atoms with E-state index in [9.17, 15) is 0 Å². The van der Waals surface area contributed by atoms with Gasteiger partial charge in [0.05, 0.1) is 0 Å². The van der Waals surface area contributed by atoms with Crippen LogP contribution in [0, 0.1) is 0 Å². The fraction of sp³-hybridized carbons (Fsp3) is 1.00. The Labute approximate surface area is 56.8 Å². The van der Waals surface area contributed by atoms with Crippen LogP contribution in [0.3, 0.4) is 0 Å². The van der Waals surface area contributed by atoms with Crippen molar-refractivity contribution >= 4 is 16.6 Å². The summed E-state index contributed by atoms with van der Waals surface area (Å²) in [6, 6.07) is 0. The van der Waals surface area contributed by atoms with E-state index in [1.807, 2.05) is 0 Å². The van der Waals surface area contributed by atoms with Gasteiger partial charge in [0.25, 0.3) is 0 Å². The third-order valence-corrected chi connectivity index (χ3v) is 0. The Bertz CT molecular complexity index is 13.5. The Morgan fingerprint density at radius 3 is 1.67 bits per heavy atom. The van der Waals surface area contributed by atoms with Crippen molar-refractivity contribution in [2.75, 3.05) is 6.61 Å². The van der Waals surface area contributed by atoms with Crippen molar-refractivity contribution in [3.63, 3.8) is 0 Å². The average Bonchev–Trinajstić information content (AvgIpc) is 1.39. The molecule has 0 aliphatic heterocycles. The van der Waals surface area contributed by atoms with Crippen molar-refractivity contribution in [1.29, 1.82) is 0 Å². The van der Waals surface area contributed by atoms with E-state index < -0.39 is 21.8 Å². The molecule has 0 spiro atoms. The van der Waals surface area contributed by atoms with Crippen LogP contribution in [0.15, 0.2) is 0 Å². The van der Waals surface area contributed by atoms with Crippen molar-refractivity contribution in [1.82, 2.24) is 0 Å². The van der Waals surface area contributed by atoms with Crippen LogP contribution in [-0.4, -0.2) is 11.7 Å². The maximum absolute atomic E-state index is 7.57. The summed E-state index contributed by atoms with van der Waals surface area (Å²) in [5.41, 5.74) is 0. The average molecular weight is 229 g/mol. The molecule has 0 aromatic carbocycles. The third kappa shape index (κ3) is 50.9. The fourth-order valence-corrected chi connectivity index (χ4v) is 0. The van der Waals surface area contributed by atoms with Gasteiger partial charge in [0, 0.05) is 6.61 Å². The quantitative estimate of drug-likeness (QED) is 0.622. The predicted molar refractivity (Wildman–Crippen MR) is 24.5 cm³/mol. The number of rotatable bonds is 0. The molecular weight excluding hydrogens is 223 g/mol. The minimum atomic E-state index is -1.07. The van der Waals surface area contributed by atoms with E-state index in [-0.39, 0.29) is 6.61 Å². The molecule has 0 bridgehead atoms. The Hall–Kier alpha value is 1.46. The molecule has 0 atom stereocenters. The van der Waals surface area contributed by atoms with Crippen LogP contribution in [-0.2, 0) is 21.8 Å². The van der Waals surface area contributed by atoms with Gasteiger partial charge in [0.1, 0.15) is 0 Å². The number of halogens is 2.